The zero-order valence-electron chi connectivity index (χ0n) is 34.2. The summed E-state index contributed by atoms with van der Waals surface area (Å²) in [6.45, 7) is 27.6. The van der Waals surface area contributed by atoms with Crippen LogP contribution >= 0.6 is 22.7 Å². The van der Waals surface area contributed by atoms with Gasteiger partial charge in [-0.25, -0.2) is 0 Å². The summed E-state index contributed by atoms with van der Waals surface area (Å²) in [6.07, 6.45) is 0. The maximum Gasteiger partial charge on any atom is 0.255 e. The first-order valence-electron chi connectivity index (χ1n) is 19.3. The second kappa shape index (κ2) is 15.0. The zero-order chi connectivity index (χ0) is 38.6. The molecule has 0 N–H and O–H groups in total. The largest absolute Gasteiger partial charge is 0.255 e. The minimum Gasteiger partial charge on any atom is -0.149 e. The van der Waals surface area contributed by atoms with Crippen LogP contribution in [0.2, 0.25) is 0 Å². The SMILES string of the molecule is Cc1cc(C)c(B(c2ccc(-c3cccc(-c4ccc(B(c5c(C)cc(C)cc5C)c5c(C)cc(C)cc5C)s4)c3)s2)c2c(C)cc(C)cc2C)c(C)c1. The first kappa shape index (κ1) is 37.9. The van der Waals surface area contributed by atoms with Gasteiger partial charge < -0.3 is 0 Å². The Hall–Kier alpha value is -4.37. The Balaban J connectivity index is 1.31. The van der Waals surface area contributed by atoms with Crippen molar-refractivity contribution in [2.75, 3.05) is 0 Å². The molecule has 5 aromatic carbocycles. The van der Waals surface area contributed by atoms with Gasteiger partial charge in [-0.1, -0.05) is 167 Å². The van der Waals surface area contributed by atoms with Crippen molar-refractivity contribution in [1.82, 2.24) is 0 Å². The molecule has 0 saturated heterocycles. The van der Waals surface area contributed by atoms with Crippen molar-refractivity contribution in [3.8, 4) is 20.9 Å². The second-order valence-electron chi connectivity index (χ2n) is 16.1. The number of hydrogen-bond donors (Lipinski definition) is 0. The van der Waals surface area contributed by atoms with E-state index in [-0.39, 0.29) is 13.4 Å². The van der Waals surface area contributed by atoms with Crippen LogP contribution in [0.25, 0.3) is 20.9 Å². The van der Waals surface area contributed by atoms with E-state index >= 15 is 0 Å². The summed E-state index contributed by atoms with van der Waals surface area (Å²) >= 11 is 3.90. The lowest BCUT2D eigenvalue weighted by Crippen LogP contribution is -2.54. The van der Waals surface area contributed by atoms with Crippen molar-refractivity contribution in [3.05, 3.63) is 164 Å². The van der Waals surface area contributed by atoms with Gasteiger partial charge in [0.2, 0.25) is 0 Å². The fourth-order valence-electron chi connectivity index (χ4n) is 9.60. The number of rotatable bonds is 8. The summed E-state index contributed by atoms with van der Waals surface area (Å²) in [5.74, 6) is 0. The Morgan fingerprint density at radius 2 is 0.574 bits per heavy atom. The van der Waals surface area contributed by atoms with E-state index in [4.69, 9.17) is 0 Å². The molecule has 7 rings (SSSR count). The molecule has 0 bridgehead atoms. The van der Waals surface area contributed by atoms with Crippen LogP contribution in [0.15, 0.2) is 97.1 Å². The predicted octanol–water partition coefficient (Wildman–Crippen LogP) is 9.88. The van der Waals surface area contributed by atoms with E-state index in [1.54, 1.807) is 0 Å². The first-order valence-corrected chi connectivity index (χ1v) is 20.9. The van der Waals surface area contributed by atoms with E-state index in [1.165, 1.54) is 119 Å². The molecular formula is C50H52B2S2. The normalized spacial score (nSPS) is 11.3. The third kappa shape index (κ3) is 7.24. The smallest absolute Gasteiger partial charge is 0.149 e. The van der Waals surface area contributed by atoms with Gasteiger partial charge in [-0.3, -0.25) is 0 Å². The van der Waals surface area contributed by atoms with Gasteiger partial charge >= 0.3 is 0 Å². The number of thiophene rings is 2. The molecule has 2 heterocycles. The standard InChI is InChI=1S/C50H52B2S2/c1-29-20-33(5)47(34(6)21-29)51(48-35(7)22-30(2)23-36(48)8)45-18-16-43(53-45)41-14-13-15-42(28-41)44-17-19-46(54-44)52(49-37(9)24-31(3)25-38(49)10)50-39(11)26-32(4)27-40(50)12/h13-28H,1-12H3. The van der Waals surface area contributed by atoms with E-state index in [0.29, 0.717) is 0 Å². The van der Waals surface area contributed by atoms with Gasteiger partial charge in [0.25, 0.3) is 13.4 Å². The molecule has 0 unspecified atom stereocenters. The summed E-state index contributed by atoms with van der Waals surface area (Å²) in [7, 11) is 0. The highest BCUT2D eigenvalue weighted by atomic mass is 32.1. The molecule has 0 spiro atoms. The highest BCUT2D eigenvalue weighted by Gasteiger charge is 2.31. The summed E-state index contributed by atoms with van der Waals surface area (Å²) in [5, 5.41) is 0. The van der Waals surface area contributed by atoms with E-state index in [9.17, 15) is 0 Å². The molecule has 4 heteroatoms. The van der Waals surface area contributed by atoms with Gasteiger partial charge in [0, 0.05) is 9.75 Å². The van der Waals surface area contributed by atoms with Crippen molar-refractivity contribution in [3.63, 3.8) is 0 Å². The van der Waals surface area contributed by atoms with Crippen LogP contribution in [-0.2, 0) is 0 Å². The molecular weight excluding hydrogens is 686 g/mol. The van der Waals surface area contributed by atoms with E-state index in [2.05, 4.69) is 180 Å². The summed E-state index contributed by atoms with van der Waals surface area (Å²) in [6, 6.07) is 37.6. The molecule has 0 amide bonds. The molecule has 0 saturated carbocycles. The first-order chi connectivity index (χ1) is 25.7. The van der Waals surface area contributed by atoms with Gasteiger partial charge in [-0.05, 0) is 122 Å². The van der Waals surface area contributed by atoms with Crippen LogP contribution in [0.3, 0.4) is 0 Å². The van der Waals surface area contributed by atoms with E-state index < -0.39 is 0 Å². The molecule has 7 aromatic rings. The quantitative estimate of drug-likeness (QED) is 0.136. The predicted molar refractivity (Wildman–Crippen MR) is 245 cm³/mol. The summed E-state index contributed by atoms with van der Waals surface area (Å²) in [5.41, 5.74) is 24.6. The van der Waals surface area contributed by atoms with E-state index in [1.807, 2.05) is 22.7 Å². The van der Waals surface area contributed by atoms with Gasteiger partial charge in [0.05, 0.1) is 0 Å². The molecule has 0 atom stereocenters. The lowest BCUT2D eigenvalue weighted by molar-refractivity contribution is 1.34. The molecule has 0 nitrogen and oxygen atoms in total. The number of hydrogen-bond acceptors (Lipinski definition) is 2. The third-order valence-electron chi connectivity index (χ3n) is 11.4. The van der Waals surface area contributed by atoms with Crippen LogP contribution in [-0.4, -0.2) is 13.4 Å². The third-order valence-corrected chi connectivity index (χ3v) is 13.8. The van der Waals surface area contributed by atoms with Crippen molar-refractivity contribution in [2.45, 2.75) is 83.1 Å². The Labute approximate surface area is 333 Å². The minimum atomic E-state index is 0.187. The van der Waals surface area contributed by atoms with Crippen molar-refractivity contribution in [1.29, 1.82) is 0 Å². The molecule has 0 aliphatic heterocycles. The minimum absolute atomic E-state index is 0.187. The van der Waals surface area contributed by atoms with Gasteiger partial charge in [0.15, 0.2) is 0 Å². The molecule has 270 valence electrons. The summed E-state index contributed by atoms with van der Waals surface area (Å²) in [4.78, 5) is 2.63. The zero-order valence-corrected chi connectivity index (χ0v) is 35.8. The maximum absolute atomic E-state index is 2.41. The molecule has 2 aromatic heterocycles. The van der Waals surface area contributed by atoms with Crippen LogP contribution < -0.4 is 31.4 Å². The molecule has 54 heavy (non-hydrogen) atoms. The molecule has 0 fully saturated rings. The van der Waals surface area contributed by atoms with Crippen LogP contribution in [0, 0.1) is 83.1 Å². The molecule has 0 aliphatic carbocycles. The second-order valence-corrected chi connectivity index (χ2v) is 18.3. The maximum atomic E-state index is 2.41. The van der Waals surface area contributed by atoms with Gasteiger partial charge in [-0.15, -0.1) is 22.7 Å². The summed E-state index contributed by atoms with van der Waals surface area (Å²) < 4.78 is 2.80. The topological polar surface area (TPSA) is 0 Å². The average molecular weight is 739 g/mol. The van der Waals surface area contributed by atoms with Crippen LogP contribution in [0.5, 0.6) is 0 Å². The fraction of sp³-hybridized carbons (Fsp3) is 0.240. The Kier molecular flexibility index (Phi) is 10.6. The van der Waals surface area contributed by atoms with Crippen molar-refractivity contribution >= 4 is 67.5 Å². The monoisotopic (exact) mass is 738 g/mol. The van der Waals surface area contributed by atoms with Crippen LogP contribution in [0.4, 0.5) is 0 Å². The Morgan fingerprint density at radius 3 is 0.833 bits per heavy atom. The van der Waals surface area contributed by atoms with Gasteiger partial charge in [0.1, 0.15) is 0 Å². The number of benzene rings is 5. The fourth-order valence-corrected chi connectivity index (χ4v) is 11.8. The van der Waals surface area contributed by atoms with Crippen molar-refractivity contribution < 1.29 is 0 Å². The molecule has 0 aliphatic rings. The number of aryl methyl sites for hydroxylation is 12. The highest BCUT2D eigenvalue weighted by molar-refractivity contribution is 7.30. The van der Waals surface area contributed by atoms with Crippen molar-refractivity contribution in [2.24, 2.45) is 0 Å². The van der Waals surface area contributed by atoms with E-state index in [0.717, 1.165) is 0 Å². The highest BCUT2D eigenvalue weighted by Crippen LogP contribution is 2.31. The molecule has 0 radical (unpaired) electrons. The van der Waals surface area contributed by atoms with Gasteiger partial charge in [-0.2, -0.15) is 0 Å². The lowest BCUT2D eigenvalue weighted by Gasteiger charge is -2.23. The lowest BCUT2D eigenvalue weighted by atomic mass is 9.37. The Bertz CT molecular complexity index is 2160. The Morgan fingerprint density at radius 1 is 0.315 bits per heavy atom. The average Bonchev–Trinajstić information content (AvgIpc) is 3.76. The van der Waals surface area contributed by atoms with Crippen LogP contribution in [0.1, 0.15) is 66.8 Å².